The van der Waals surface area contributed by atoms with E-state index in [2.05, 4.69) is 64.8 Å². The maximum Gasteiger partial charge on any atom is 0.0467 e. The lowest BCUT2D eigenvalue weighted by Gasteiger charge is -2.43. The van der Waals surface area contributed by atoms with Crippen molar-refractivity contribution < 1.29 is 0 Å². The van der Waals surface area contributed by atoms with Gasteiger partial charge >= 0.3 is 0 Å². The Labute approximate surface area is 123 Å². The van der Waals surface area contributed by atoms with Gasteiger partial charge in [0, 0.05) is 41.2 Å². The summed E-state index contributed by atoms with van der Waals surface area (Å²) in [5, 5.41) is 1.66. The smallest absolute Gasteiger partial charge is 0.0467 e. The van der Waals surface area contributed by atoms with Crippen LogP contribution in [0.15, 0.2) is 18.2 Å². The van der Waals surface area contributed by atoms with Gasteiger partial charge in [0.15, 0.2) is 0 Å². The van der Waals surface area contributed by atoms with Crippen molar-refractivity contribution in [3.05, 3.63) is 28.8 Å². The van der Waals surface area contributed by atoms with Gasteiger partial charge < -0.3 is 4.90 Å². The van der Waals surface area contributed by atoms with Crippen molar-refractivity contribution in [1.29, 1.82) is 0 Å². The van der Waals surface area contributed by atoms with Gasteiger partial charge in [-0.15, -0.1) is 0 Å². The van der Waals surface area contributed by atoms with Crippen molar-refractivity contribution in [2.24, 2.45) is 0 Å². The van der Waals surface area contributed by atoms with Gasteiger partial charge in [-0.2, -0.15) is 0 Å². The molecule has 0 radical (unpaired) electrons. The second-order valence-electron chi connectivity index (χ2n) is 5.18. The minimum atomic E-state index is 0.573. The van der Waals surface area contributed by atoms with E-state index in [-0.39, 0.29) is 0 Å². The molecule has 1 aromatic rings. The molecule has 0 amide bonds. The Morgan fingerprint density at radius 1 is 1.28 bits per heavy atom. The number of benzene rings is 1. The summed E-state index contributed by atoms with van der Waals surface area (Å²) in [7, 11) is 2.20. The Morgan fingerprint density at radius 3 is 2.39 bits per heavy atom. The molecule has 18 heavy (non-hydrogen) atoms. The van der Waals surface area contributed by atoms with Crippen LogP contribution in [0.5, 0.6) is 0 Å². The van der Waals surface area contributed by atoms with Crippen LogP contribution in [0, 0.1) is 0 Å². The number of nitrogens with zero attached hydrogens (tertiary/aromatic N) is 2. The fourth-order valence-electron chi connectivity index (χ4n) is 2.46. The van der Waals surface area contributed by atoms with Gasteiger partial charge in [-0.05, 0) is 38.6 Å². The third kappa shape index (κ3) is 2.84. The molecule has 0 bridgehead atoms. The van der Waals surface area contributed by atoms with Crippen LogP contribution >= 0.6 is 27.5 Å². The molecule has 100 valence electrons. The second-order valence-corrected chi connectivity index (χ2v) is 6.15. The maximum atomic E-state index is 6.28. The number of halogens is 2. The molecule has 1 aliphatic rings. The zero-order valence-electron chi connectivity index (χ0n) is 11.2. The molecule has 2 rings (SSSR count). The molecule has 0 aromatic heterocycles. The van der Waals surface area contributed by atoms with Crippen LogP contribution in [0.3, 0.4) is 0 Å². The normalized spacial score (nSPS) is 25.5. The van der Waals surface area contributed by atoms with Gasteiger partial charge in [0.2, 0.25) is 0 Å². The van der Waals surface area contributed by atoms with Crippen LogP contribution in [0.4, 0.5) is 5.69 Å². The predicted octanol–water partition coefficient (Wildman–Crippen LogP) is 3.76. The summed E-state index contributed by atoms with van der Waals surface area (Å²) in [5.41, 5.74) is 2.38. The van der Waals surface area contributed by atoms with E-state index in [9.17, 15) is 0 Å². The van der Waals surface area contributed by atoms with Crippen molar-refractivity contribution in [3.8, 4) is 0 Å². The highest BCUT2D eigenvalue weighted by Crippen LogP contribution is 2.27. The Kier molecular flexibility index (Phi) is 4.57. The first kappa shape index (κ1) is 14.2. The van der Waals surface area contributed by atoms with Crippen molar-refractivity contribution in [2.45, 2.75) is 31.3 Å². The SMILES string of the molecule is CC1CN(c2ccc(CBr)c(Cl)c2)CC(C)N1C. The maximum absolute atomic E-state index is 6.28. The van der Waals surface area contributed by atoms with E-state index in [4.69, 9.17) is 11.6 Å². The van der Waals surface area contributed by atoms with Crippen molar-refractivity contribution >= 4 is 33.2 Å². The summed E-state index contributed by atoms with van der Waals surface area (Å²) in [6, 6.07) is 7.52. The molecule has 0 N–H and O–H groups in total. The first-order chi connectivity index (χ1) is 8.52. The molecule has 2 nitrogen and oxygen atoms in total. The van der Waals surface area contributed by atoms with Crippen molar-refractivity contribution in [1.82, 2.24) is 4.90 Å². The molecule has 2 atom stereocenters. The molecular weight excluding hydrogens is 312 g/mol. The molecule has 2 unspecified atom stereocenters. The standard InChI is InChI=1S/C14H20BrClN2/c1-10-8-18(9-11(2)17(10)3)13-5-4-12(7-15)14(16)6-13/h4-6,10-11H,7-9H2,1-3H3. The van der Waals surface area contributed by atoms with Crippen molar-refractivity contribution in [2.75, 3.05) is 25.0 Å². The van der Waals surface area contributed by atoms with Crippen LogP contribution in [-0.4, -0.2) is 37.1 Å². The lowest BCUT2D eigenvalue weighted by molar-refractivity contribution is 0.170. The van der Waals surface area contributed by atoms with E-state index in [0.29, 0.717) is 12.1 Å². The van der Waals surface area contributed by atoms with Gasteiger partial charge in [0.25, 0.3) is 0 Å². The molecule has 1 aromatic carbocycles. The molecule has 1 aliphatic heterocycles. The Morgan fingerprint density at radius 2 is 1.89 bits per heavy atom. The first-order valence-corrected chi connectivity index (χ1v) is 7.84. The van der Waals surface area contributed by atoms with Crippen LogP contribution in [0.25, 0.3) is 0 Å². The minimum Gasteiger partial charge on any atom is -0.368 e. The second kappa shape index (κ2) is 5.81. The molecule has 0 saturated carbocycles. The number of alkyl halides is 1. The number of likely N-dealkylation sites (N-methyl/N-ethyl adjacent to an activating group) is 1. The first-order valence-electron chi connectivity index (χ1n) is 6.34. The monoisotopic (exact) mass is 330 g/mol. The van der Waals surface area contributed by atoms with Crippen LogP contribution < -0.4 is 4.90 Å². The summed E-state index contributed by atoms with van der Waals surface area (Å²) < 4.78 is 0. The average Bonchev–Trinajstić information content (AvgIpc) is 2.35. The van der Waals surface area contributed by atoms with Crippen LogP contribution in [-0.2, 0) is 5.33 Å². The molecule has 4 heteroatoms. The summed E-state index contributed by atoms with van der Waals surface area (Å²) in [6.45, 7) is 6.67. The number of hydrogen-bond acceptors (Lipinski definition) is 2. The van der Waals surface area contributed by atoms with Crippen LogP contribution in [0.1, 0.15) is 19.4 Å². The van der Waals surface area contributed by atoms with Gasteiger partial charge in [-0.25, -0.2) is 0 Å². The average molecular weight is 332 g/mol. The predicted molar refractivity (Wildman–Crippen MR) is 83.0 cm³/mol. The molecule has 1 fully saturated rings. The Bertz CT molecular complexity index is 412. The number of piperazine rings is 1. The fraction of sp³-hybridized carbons (Fsp3) is 0.571. The topological polar surface area (TPSA) is 6.48 Å². The van der Waals surface area contributed by atoms with E-state index < -0.39 is 0 Å². The summed E-state index contributed by atoms with van der Waals surface area (Å²) in [4.78, 5) is 4.87. The highest BCUT2D eigenvalue weighted by atomic mass is 79.9. The summed E-state index contributed by atoms with van der Waals surface area (Å²) in [6.07, 6.45) is 0. The van der Waals surface area contributed by atoms with Gasteiger partial charge in [-0.1, -0.05) is 33.6 Å². The number of rotatable bonds is 2. The van der Waals surface area contributed by atoms with Gasteiger partial charge in [0.05, 0.1) is 0 Å². The zero-order chi connectivity index (χ0) is 13.3. The minimum absolute atomic E-state index is 0.573. The summed E-state index contributed by atoms with van der Waals surface area (Å²) in [5.74, 6) is 0. The zero-order valence-corrected chi connectivity index (χ0v) is 13.5. The van der Waals surface area contributed by atoms with E-state index in [0.717, 1.165) is 29.0 Å². The quantitative estimate of drug-likeness (QED) is 0.761. The molecular formula is C14H20BrClN2. The number of hydrogen-bond donors (Lipinski definition) is 0. The third-order valence-electron chi connectivity index (χ3n) is 3.91. The highest BCUT2D eigenvalue weighted by Gasteiger charge is 2.26. The van der Waals surface area contributed by atoms with E-state index in [1.807, 2.05) is 0 Å². The third-order valence-corrected chi connectivity index (χ3v) is 4.86. The number of anilines is 1. The molecule has 0 spiro atoms. The Balaban J connectivity index is 2.19. The highest BCUT2D eigenvalue weighted by molar-refractivity contribution is 9.08. The van der Waals surface area contributed by atoms with E-state index >= 15 is 0 Å². The fourth-order valence-corrected chi connectivity index (χ4v) is 3.35. The molecule has 1 saturated heterocycles. The van der Waals surface area contributed by atoms with Crippen molar-refractivity contribution in [3.63, 3.8) is 0 Å². The lowest BCUT2D eigenvalue weighted by atomic mass is 10.1. The van der Waals surface area contributed by atoms with Gasteiger partial charge in [-0.3, -0.25) is 4.90 Å². The molecule has 1 heterocycles. The van der Waals surface area contributed by atoms with Crippen LogP contribution in [0.2, 0.25) is 5.02 Å². The molecule has 0 aliphatic carbocycles. The van der Waals surface area contributed by atoms with E-state index in [1.165, 1.54) is 5.69 Å². The Hall–Kier alpha value is -0.250. The summed E-state index contributed by atoms with van der Waals surface area (Å²) >= 11 is 9.73. The van der Waals surface area contributed by atoms with Gasteiger partial charge in [0.1, 0.15) is 0 Å². The largest absolute Gasteiger partial charge is 0.368 e. The lowest BCUT2D eigenvalue weighted by Crippen LogP contribution is -2.55. The van der Waals surface area contributed by atoms with E-state index in [1.54, 1.807) is 0 Å².